The molecule has 1 aliphatic heterocycles. The molecule has 1 aromatic carbocycles. The number of hydrogen-bond acceptors (Lipinski definition) is 5. The number of carbonyl (C=O) groups is 2. The minimum atomic E-state index is -0.371. The summed E-state index contributed by atoms with van der Waals surface area (Å²) in [5, 5.41) is 6.01. The van der Waals surface area contributed by atoms with Crippen molar-refractivity contribution in [1.29, 1.82) is 0 Å². The van der Waals surface area contributed by atoms with E-state index in [1.54, 1.807) is 18.3 Å². The molecule has 0 bridgehead atoms. The number of ketones is 1. The van der Waals surface area contributed by atoms with Crippen LogP contribution in [0.15, 0.2) is 64.3 Å². The molecular weight excluding hydrogens is 406 g/mol. The molecule has 0 saturated heterocycles. The lowest BCUT2D eigenvalue weighted by molar-refractivity contribution is -0.138. The summed E-state index contributed by atoms with van der Waals surface area (Å²) in [4.78, 5) is 27.1. The second-order valence-electron chi connectivity index (χ2n) is 7.30. The van der Waals surface area contributed by atoms with Gasteiger partial charge in [-0.3, -0.25) is 4.79 Å². The molecule has 2 heterocycles. The van der Waals surface area contributed by atoms with Gasteiger partial charge < -0.3 is 10.1 Å². The number of esters is 1. The number of rotatable bonds is 4. The smallest absolute Gasteiger partial charge is 0.336 e. The first kappa shape index (κ1) is 19.9. The fraction of sp³-hybridized carbons (Fsp3) is 0.304. The van der Waals surface area contributed by atoms with E-state index in [0.717, 1.165) is 28.3 Å². The van der Waals surface area contributed by atoms with Crippen LogP contribution < -0.4 is 5.32 Å². The van der Waals surface area contributed by atoms with E-state index in [2.05, 4.69) is 5.32 Å². The van der Waals surface area contributed by atoms with Crippen LogP contribution in [0.1, 0.15) is 49.0 Å². The predicted octanol–water partition coefficient (Wildman–Crippen LogP) is 5.33. The summed E-state index contributed by atoms with van der Waals surface area (Å²) < 4.78 is 5.32. The van der Waals surface area contributed by atoms with Crippen molar-refractivity contribution in [3.63, 3.8) is 0 Å². The third-order valence-corrected chi connectivity index (χ3v) is 6.68. The Morgan fingerprint density at radius 2 is 2.00 bits per heavy atom. The molecule has 2 aromatic rings. The number of dihydropyridines is 1. The zero-order valence-corrected chi connectivity index (χ0v) is 17.9. The number of Topliss-reactive ketones (excluding diaryl/α,β-unsaturated/α-hetero) is 1. The van der Waals surface area contributed by atoms with Gasteiger partial charge in [0.05, 0.1) is 18.1 Å². The van der Waals surface area contributed by atoms with Gasteiger partial charge in [0, 0.05) is 33.3 Å². The van der Waals surface area contributed by atoms with Crippen molar-refractivity contribution >= 4 is 34.7 Å². The molecule has 4 nitrogen and oxygen atoms in total. The van der Waals surface area contributed by atoms with Crippen LogP contribution in [0, 0.1) is 0 Å². The monoisotopic (exact) mass is 427 g/mol. The quantitative estimate of drug-likeness (QED) is 0.670. The largest absolute Gasteiger partial charge is 0.463 e. The molecule has 2 atom stereocenters. The Hall–Kier alpha value is -2.37. The highest BCUT2D eigenvalue weighted by Crippen LogP contribution is 2.46. The molecule has 0 amide bonds. The van der Waals surface area contributed by atoms with Gasteiger partial charge in [0.1, 0.15) is 0 Å². The Kier molecular flexibility index (Phi) is 5.61. The molecule has 0 fully saturated rings. The Morgan fingerprint density at radius 3 is 2.66 bits per heavy atom. The number of ether oxygens (including phenoxy) is 1. The Morgan fingerprint density at radius 1 is 1.24 bits per heavy atom. The van der Waals surface area contributed by atoms with E-state index in [1.807, 2.05) is 48.7 Å². The number of benzene rings is 1. The minimum absolute atomic E-state index is 0.0754. The Labute approximate surface area is 179 Å². The molecule has 0 spiro atoms. The molecule has 0 unspecified atom stereocenters. The summed E-state index contributed by atoms with van der Waals surface area (Å²) in [6.45, 7) is 3.97. The molecule has 1 N–H and O–H groups in total. The van der Waals surface area contributed by atoms with Gasteiger partial charge in [-0.1, -0.05) is 29.8 Å². The molecule has 2 aliphatic rings. The van der Waals surface area contributed by atoms with E-state index in [0.29, 0.717) is 29.2 Å². The minimum Gasteiger partial charge on any atom is -0.463 e. The van der Waals surface area contributed by atoms with Crippen LogP contribution in [-0.2, 0) is 14.3 Å². The maximum absolute atomic E-state index is 13.3. The lowest BCUT2D eigenvalue weighted by Gasteiger charge is -2.36. The predicted molar refractivity (Wildman–Crippen MR) is 115 cm³/mol. The number of allylic oxidation sites excluding steroid dienone is 3. The summed E-state index contributed by atoms with van der Waals surface area (Å²) in [6.07, 6.45) is 1.14. The molecule has 150 valence electrons. The highest BCUT2D eigenvalue weighted by molar-refractivity contribution is 7.10. The SMILES string of the molecule is CCOC(=O)C1=C(C)NC2=C(C(=O)C[C@@H](c3ccc(Cl)cc3)C2)[C@@H]1c1cccs1. The number of halogens is 1. The molecule has 0 radical (unpaired) electrons. The zero-order chi connectivity index (χ0) is 20.5. The van der Waals surface area contributed by atoms with Crippen LogP contribution >= 0.6 is 22.9 Å². The lowest BCUT2D eigenvalue weighted by Crippen LogP contribution is -2.35. The Bertz CT molecular complexity index is 1010. The van der Waals surface area contributed by atoms with Crippen LogP contribution in [-0.4, -0.2) is 18.4 Å². The average molecular weight is 428 g/mol. The first-order valence-electron chi connectivity index (χ1n) is 9.69. The van der Waals surface area contributed by atoms with Crippen molar-refractivity contribution in [3.8, 4) is 0 Å². The average Bonchev–Trinajstić information content (AvgIpc) is 3.22. The first-order valence-corrected chi connectivity index (χ1v) is 10.9. The fourth-order valence-electron chi connectivity index (χ4n) is 4.23. The number of hydrogen-bond donors (Lipinski definition) is 1. The van der Waals surface area contributed by atoms with Gasteiger partial charge in [-0.25, -0.2) is 4.79 Å². The zero-order valence-electron chi connectivity index (χ0n) is 16.3. The lowest BCUT2D eigenvalue weighted by atomic mass is 9.73. The van der Waals surface area contributed by atoms with Gasteiger partial charge in [0.15, 0.2) is 5.78 Å². The van der Waals surface area contributed by atoms with Crippen LogP contribution in [0.4, 0.5) is 0 Å². The maximum Gasteiger partial charge on any atom is 0.336 e. The summed E-state index contributed by atoms with van der Waals surface area (Å²) in [5.41, 5.74) is 3.99. The molecular formula is C23H22ClNO3S. The summed E-state index contributed by atoms with van der Waals surface area (Å²) in [7, 11) is 0. The third kappa shape index (κ3) is 3.77. The van der Waals surface area contributed by atoms with Crippen molar-refractivity contribution in [3.05, 3.63) is 79.8 Å². The van der Waals surface area contributed by atoms with Gasteiger partial charge in [-0.05, 0) is 55.3 Å². The normalized spacial score (nSPS) is 21.7. The van der Waals surface area contributed by atoms with Crippen molar-refractivity contribution < 1.29 is 14.3 Å². The summed E-state index contributed by atoms with van der Waals surface area (Å²) in [6, 6.07) is 11.6. The molecule has 1 aromatic heterocycles. The van der Waals surface area contributed by atoms with Crippen molar-refractivity contribution in [2.75, 3.05) is 6.61 Å². The molecule has 29 heavy (non-hydrogen) atoms. The highest BCUT2D eigenvalue weighted by atomic mass is 35.5. The maximum atomic E-state index is 13.3. The topological polar surface area (TPSA) is 55.4 Å². The summed E-state index contributed by atoms with van der Waals surface area (Å²) in [5.74, 6) is -0.572. The Balaban J connectivity index is 1.75. The second kappa shape index (κ2) is 8.17. The molecule has 4 rings (SSSR count). The van der Waals surface area contributed by atoms with Gasteiger partial charge in [0.25, 0.3) is 0 Å². The van der Waals surface area contributed by atoms with Crippen LogP contribution in [0.3, 0.4) is 0 Å². The third-order valence-electron chi connectivity index (χ3n) is 5.49. The summed E-state index contributed by atoms with van der Waals surface area (Å²) >= 11 is 7.58. The van der Waals surface area contributed by atoms with E-state index in [-0.39, 0.29) is 23.6 Å². The van der Waals surface area contributed by atoms with Gasteiger partial charge in [-0.15, -0.1) is 11.3 Å². The van der Waals surface area contributed by atoms with Gasteiger partial charge in [-0.2, -0.15) is 0 Å². The van der Waals surface area contributed by atoms with E-state index >= 15 is 0 Å². The van der Waals surface area contributed by atoms with Crippen molar-refractivity contribution in [2.24, 2.45) is 0 Å². The van der Waals surface area contributed by atoms with E-state index in [9.17, 15) is 9.59 Å². The molecule has 0 saturated carbocycles. The van der Waals surface area contributed by atoms with Crippen LogP contribution in [0.5, 0.6) is 0 Å². The standard InChI is InChI=1S/C23H22ClNO3S/c1-3-28-23(27)20-13(2)25-17-11-15(14-6-8-16(24)9-7-14)12-18(26)21(17)22(20)19-5-4-10-29-19/h4-10,15,22,25H,3,11-12H2,1-2H3/t15-,22+/m0/s1. The van der Waals surface area contributed by atoms with Gasteiger partial charge >= 0.3 is 5.97 Å². The molecule has 1 aliphatic carbocycles. The first-order chi connectivity index (χ1) is 14.0. The highest BCUT2D eigenvalue weighted by Gasteiger charge is 2.41. The second-order valence-corrected chi connectivity index (χ2v) is 8.72. The van der Waals surface area contributed by atoms with E-state index < -0.39 is 0 Å². The van der Waals surface area contributed by atoms with Gasteiger partial charge in [0.2, 0.25) is 0 Å². The number of carbonyl (C=O) groups excluding carboxylic acids is 2. The van der Waals surface area contributed by atoms with Crippen molar-refractivity contribution in [1.82, 2.24) is 5.32 Å². The van der Waals surface area contributed by atoms with E-state index in [4.69, 9.17) is 16.3 Å². The molecule has 6 heteroatoms. The van der Waals surface area contributed by atoms with E-state index in [1.165, 1.54) is 0 Å². The fourth-order valence-corrected chi connectivity index (χ4v) is 5.20. The number of thiophene rings is 1. The van der Waals surface area contributed by atoms with Crippen LogP contribution in [0.25, 0.3) is 0 Å². The number of nitrogens with one attached hydrogen (secondary N) is 1. The van der Waals surface area contributed by atoms with Crippen LogP contribution in [0.2, 0.25) is 5.02 Å². The van der Waals surface area contributed by atoms with Crippen molar-refractivity contribution in [2.45, 2.75) is 38.5 Å².